The number of anilines is 1. The molecule has 6 heteroatoms. The SMILES string of the molecule is CC(CN=C(Nc1ccccc1)N1CCCCC1)CN1CCOCC1.I. The number of halogens is 1. The Morgan fingerprint density at radius 1 is 1.08 bits per heavy atom. The zero-order chi connectivity index (χ0) is 17.3. The lowest BCUT2D eigenvalue weighted by Gasteiger charge is -2.31. The maximum absolute atomic E-state index is 5.44. The molecule has 146 valence electrons. The first-order chi connectivity index (χ1) is 12.3. The van der Waals surface area contributed by atoms with Crippen LogP contribution in [-0.2, 0) is 4.74 Å². The first-order valence-electron chi connectivity index (χ1n) is 9.73. The summed E-state index contributed by atoms with van der Waals surface area (Å²) >= 11 is 0. The van der Waals surface area contributed by atoms with Gasteiger partial charge in [0.05, 0.1) is 13.2 Å². The number of benzene rings is 1. The second kappa shape index (κ2) is 11.8. The van der Waals surface area contributed by atoms with Crippen LogP contribution in [0.5, 0.6) is 0 Å². The van der Waals surface area contributed by atoms with Crippen molar-refractivity contribution in [3.8, 4) is 0 Å². The number of para-hydroxylation sites is 1. The molecule has 26 heavy (non-hydrogen) atoms. The number of ether oxygens (including phenoxy) is 1. The Bertz CT molecular complexity index is 528. The van der Waals surface area contributed by atoms with Gasteiger partial charge in [-0.2, -0.15) is 0 Å². The van der Waals surface area contributed by atoms with E-state index in [4.69, 9.17) is 9.73 Å². The van der Waals surface area contributed by atoms with E-state index in [1.54, 1.807) is 0 Å². The number of nitrogens with zero attached hydrogens (tertiary/aromatic N) is 3. The van der Waals surface area contributed by atoms with Crippen molar-refractivity contribution in [2.75, 3.05) is 57.8 Å². The lowest BCUT2D eigenvalue weighted by Crippen LogP contribution is -2.41. The number of piperidine rings is 1. The number of morpholine rings is 1. The van der Waals surface area contributed by atoms with Crippen molar-refractivity contribution in [1.82, 2.24) is 9.80 Å². The van der Waals surface area contributed by atoms with Gasteiger partial charge in [-0.05, 0) is 37.3 Å². The number of rotatable bonds is 5. The lowest BCUT2D eigenvalue weighted by atomic mass is 10.1. The maximum Gasteiger partial charge on any atom is 0.198 e. The molecule has 2 heterocycles. The molecule has 2 fully saturated rings. The van der Waals surface area contributed by atoms with Gasteiger partial charge in [0, 0.05) is 45.0 Å². The normalized spacial score (nSPS) is 20.3. The highest BCUT2D eigenvalue weighted by Crippen LogP contribution is 2.13. The molecule has 2 aliphatic heterocycles. The van der Waals surface area contributed by atoms with Crippen LogP contribution in [0.25, 0.3) is 0 Å². The predicted molar refractivity (Wildman–Crippen MR) is 120 cm³/mol. The van der Waals surface area contributed by atoms with Crippen LogP contribution in [-0.4, -0.2) is 68.2 Å². The van der Waals surface area contributed by atoms with E-state index in [1.165, 1.54) is 19.3 Å². The minimum absolute atomic E-state index is 0. The molecule has 0 aromatic heterocycles. The molecule has 1 aromatic carbocycles. The third-order valence-corrected chi connectivity index (χ3v) is 4.91. The standard InChI is InChI=1S/C20H32N4O.HI/c1-18(17-23-12-14-25-15-13-23)16-21-20(24-10-6-3-7-11-24)22-19-8-4-2-5-9-19;/h2,4-5,8-9,18H,3,6-7,10-17H2,1H3,(H,21,22);1H. The summed E-state index contributed by atoms with van der Waals surface area (Å²) in [6, 6.07) is 10.4. The molecule has 0 saturated carbocycles. The first kappa shape index (κ1) is 21.4. The van der Waals surface area contributed by atoms with E-state index in [0.717, 1.165) is 64.1 Å². The van der Waals surface area contributed by atoms with Crippen molar-refractivity contribution in [3.05, 3.63) is 30.3 Å². The van der Waals surface area contributed by atoms with Crippen molar-refractivity contribution < 1.29 is 4.74 Å². The van der Waals surface area contributed by atoms with Gasteiger partial charge < -0.3 is 15.0 Å². The van der Waals surface area contributed by atoms with E-state index in [0.29, 0.717) is 5.92 Å². The molecule has 0 aliphatic carbocycles. The van der Waals surface area contributed by atoms with E-state index in [-0.39, 0.29) is 24.0 Å². The Balaban J connectivity index is 0.00000243. The molecule has 2 saturated heterocycles. The highest BCUT2D eigenvalue weighted by Gasteiger charge is 2.17. The maximum atomic E-state index is 5.44. The van der Waals surface area contributed by atoms with Crippen LogP contribution in [0.1, 0.15) is 26.2 Å². The summed E-state index contributed by atoms with van der Waals surface area (Å²) in [5.74, 6) is 1.59. The van der Waals surface area contributed by atoms with E-state index >= 15 is 0 Å². The highest BCUT2D eigenvalue weighted by molar-refractivity contribution is 14.0. The minimum atomic E-state index is 0. The summed E-state index contributed by atoms with van der Waals surface area (Å²) in [5, 5.41) is 3.55. The topological polar surface area (TPSA) is 40.1 Å². The van der Waals surface area contributed by atoms with Crippen LogP contribution in [0.3, 0.4) is 0 Å². The molecule has 3 rings (SSSR count). The van der Waals surface area contributed by atoms with E-state index in [1.807, 2.05) is 6.07 Å². The van der Waals surface area contributed by atoms with Crippen LogP contribution in [0.4, 0.5) is 5.69 Å². The number of aliphatic imine (C=N–C) groups is 1. The summed E-state index contributed by atoms with van der Waals surface area (Å²) in [6.07, 6.45) is 3.86. The monoisotopic (exact) mass is 472 g/mol. The zero-order valence-electron chi connectivity index (χ0n) is 15.9. The van der Waals surface area contributed by atoms with Crippen LogP contribution in [0, 0.1) is 5.92 Å². The molecular formula is C20H33IN4O. The Labute approximate surface area is 175 Å². The van der Waals surface area contributed by atoms with E-state index in [9.17, 15) is 0 Å². The van der Waals surface area contributed by atoms with Gasteiger partial charge in [-0.25, -0.2) is 0 Å². The number of guanidine groups is 1. The minimum Gasteiger partial charge on any atom is -0.379 e. The third kappa shape index (κ3) is 7.04. The molecule has 0 radical (unpaired) electrons. The second-order valence-corrected chi connectivity index (χ2v) is 7.22. The molecule has 0 amide bonds. The van der Waals surface area contributed by atoms with E-state index < -0.39 is 0 Å². The van der Waals surface area contributed by atoms with Crippen LogP contribution >= 0.6 is 24.0 Å². The fraction of sp³-hybridized carbons (Fsp3) is 0.650. The fourth-order valence-corrected chi connectivity index (χ4v) is 3.50. The number of hydrogen-bond acceptors (Lipinski definition) is 3. The number of likely N-dealkylation sites (tertiary alicyclic amines) is 1. The van der Waals surface area contributed by atoms with Crippen molar-refractivity contribution in [2.24, 2.45) is 10.9 Å². The largest absolute Gasteiger partial charge is 0.379 e. The van der Waals surface area contributed by atoms with Gasteiger partial charge in [-0.3, -0.25) is 9.89 Å². The summed E-state index contributed by atoms with van der Waals surface area (Å²) < 4.78 is 5.44. The van der Waals surface area contributed by atoms with Crippen LogP contribution < -0.4 is 5.32 Å². The van der Waals surface area contributed by atoms with Gasteiger partial charge in [0.1, 0.15) is 0 Å². The van der Waals surface area contributed by atoms with Gasteiger partial charge >= 0.3 is 0 Å². The predicted octanol–water partition coefficient (Wildman–Crippen LogP) is 3.53. The Morgan fingerprint density at radius 3 is 2.46 bits per heavy atom. The molecule has 2 aliphatic rings. The molecule has 1 aromatic rings. The van der Waals surface area contributed by atoms with E-state index in [2.05, 4.69) is 46.3 Å². The number of nitrogens with one attached hydrogen (secondary N) is 1. The van der Waals surface area contributed by atoms with Crippen molar-refractivity contribution in [1.29, 1.82) is 0 Å². The smallest absolute Gasteiger partial charge is 0.198 e. The van der Waals surface area contributed by atoms with Gasteiger partial charge in [-0.1, -0.05) is 25.1 Å². The Morgan fingerprint density at radius 2 is 1.77 bits per heavy atom. The molecule has 5 nitrogen and oxygen atoms in total. The van der Waals surface area contributed by atoms with Crippen LogP contribution in [0.15, 0.2) is 35.3 Å². The summed E-state index contributed by atoms with van der Waals surface area (Å²) in [5.41, 5.74) is 1.12. The third-order valence-electron chi connectivity index (χ3n) is 4.91. The Kier molecular flexibility index (Phi) is 9.71. The zero-order valence-corrected chi connectivity index (χ0v) is 18.2. The average Bonchev–Trinajstić information content (AvgIpc) is 2.67. The molecular weight excluding hydrogens is 439 g/mol. The van der Waals surface area contributed by atoms with Crippen molar-refractivity contribution in [3.63, 3.8) is 0 Å². The van der Waals surface area contributed by atoms with Gasteiger partial charge in [0.15, 0.2) is 5.96 Å². The average molecular weight is 472 g/mol. The van der Waals surface area contributed by atoms with Gasteiger partial charge in [0.2, 0.25) is 0 Å². The second-order valence-electron chi connectivity index (χ2n) is 7.22. The summed E-state index contributed by atoms with van der Waals surface area (Å²) in [6.45, 7) is 10.3. The molecule has 1 unspecified atom stereocenters. The molecule has 1 N–H and O–H groups in total. The Hall–Kier alpha value is -0.860. The van der Waals surface area contributed by atoms with Gasteiger partial charge in [-0.15, -0.1) is 24.0 Å². The molecule has 1 atom stereocenters. The lowest BCUT2D eigenvalue weighted by molar-refractivity contribution is 0.0323. The quantitative estimate of drug-likeness (QED) is 0.405. The molecule has 0 bridgehead atoms. The van der Waals surface area contributed by atoms with Crippen LogP contribution in [0.2, 0.25) is 0 Å². The fourth-order valence-electron chi connectivity index (χ4n) is 3.50. The first-order valence-corrected chi connectivity index (χ1v) is 9.73. The number of hydrogen-bond donors (Lipinski definition) is 1. The summed E-state index contributed by atoms with van der Waals surface area (Å²) in [4.78, 5) is 9.89. The molecule has 0 spiro atoms. The van der Waals surface area contributed by atoms with Crippen molar-refractivity contribution in [2.45, 2.75) is 26.2 Å². The van der Waals surface area contributed by atoms with Gasteiger partial charge in [0.25, 0.3) is 0 Å². The summed E-state index contributed by atoms with van der Waals surface area (Å²) in [7, 11) is 0. The highest BCUT2D eigenvalue weighted by atomic mass is 127. The van der Waals surface area contributed by atoms with Crippen molar-refractivity contribution >= 4 is 35.6 Å².